The molecule has 11 nitrogen and oxygen atoms in total. The molecular formula is C19H19ClF2N8O3. The van der Waals surface area contributed by atoms with Gasteiger partial charge in [-0.25, -0.2) is 13.6 Å². The maximum absolute atomic E-state index is 13.4. The Morgan fingerprint density at radius 2 is 1.94 bits per heavy atom. The quantitative estimate of drug-likeness (QED) is 0.356. The van der Waals surface area contributed by atoms with Gasteiger partial charge in [0.15, 0.2) is 28.6 Å². The minimum absolute atomic E-state index is 0.00537. The summed E-state index contributed by atoms with van der Waals surface area (Å²) in [4.78, 5) is 33.7. The summed E-state index contributed by atoms with van der Waals surface area (Å²) in [6.07, 6.45) is 0.534. The monoisotopic (exact) mass is 480 g/mol. The number of hydrogen-bond donors (Lipinski definition) is 1. The van der Waals surface area contributed by atoms with E-state index in [0.29, 0.717) is 17.8 Å². The Kier molecular flexibility index (Phi) is 6.60. The van der Waals surface area contributed by atoms with Crippen molar-refractivity contribution in [2.75, 3.05) is 13.7 Å². The molecule has 3 aromatic heterocycles. The van der Waals surface area contributed by atoms with E-state index in [4.69, 9.17) is 16.3 Å². The molecule has 0 radical (unpaired) electrons. The molecule has 1 N–H and O–H groups in total. The second-order valence-electron chi connectivity index (χ2n) is 7.19. The van der Waals surface area contributed by atoms with Crippen molar-refractivity contribution in [2.24, 2.45) is 0 Å². The number of tetrazole rings is 1. The van der Waals surface area contributed by atoms with Gasteiger partial charge >= 0.3 is 5.69 Å². The number of rotatable bonds is 9. The molecule has 33 heavy (non-hydrogen) atoms. The third-order valence-electron chi connectivity index (χ3n) is 4.93. The first-order valence-corrected chi connectivity index (χ1v) is 10.3. The molecule has 0 saturated heterocycles. The standard InChI is InChI=1S/C19H19ClF2N8O3/c1-33-8-7-28-16-15(23-18(20)24-16)17(31)29(19(28)32)5-2-6-30-26-14(25-27-30)10-11-3-4-12(21)13(22)9-11/h3-4,9H,2,5-8,10H2,1H3,(H,23,24). The molecule has 4 rings (SSSR count). The SMILES string of the molecule is COCCn1c(=O)n(CCCn2nnc(Cc3ccc(F)c(F)c3)n2)c(=O)c2[nH]c(Cl)nc21. The van der Waals surface area contributed by atoms with Gasteiger partial charge in [0.2, 0.25) is 5.28 Å². The first kappa shape index (κ1) is 22.7. The fraction of sp³-hybridized carbons (Fsp3) is 0.368. The summed E-state index contributed by atoms with van der Waals surface area (Å²) in [5.74, 6) is -1.55. The van der Waals surface area contributed by atoms with Gasteiger partial charge in [0.1, 0.15) is 0 Å². The molecule has 4 aromatic rings. The number of aromatic nitrogens is 8. The summed E-state index contributed by atoms with van der Waals surface area (Å²) in [5.41, 5.74) is -0.262. The van der Waals surface area contributed by atoms with Crippen LogP contribution in [0.4, 0.5) is 8.78 Å². The lowest BCUT2D eigenvalue weighted by atomic mass is 10.1. The number of fused-ring (bicyclic) bond motifs is 1. The molecule has 0 saturated carbocycles. The molecule has 0 bridgehead atoms. The zero-order chi connectivity index (χ0) is 23.5. The second kappa shape index (κ2) is 9.58. The molecular weight excluding hydrogens is 462 g/mol. The summed E-state index contributed by atoms with van der Waals surface area (Å²) in [7, 11) is 1.50. The van der Waals surface area contributed by atoms with Gasteiger partial charge in [0.05, 0.1) is 19.7 Å². The van der Waals surface area contributed by atoms with E-state index in [2.05, 4.69) is 25.4 Å². The average Bonchev–Trinajstić information content (AvgIpc) is 3.39. The van der Waals surface area contributed by atoms with Crippen molar-refractivity contribution in [3.63, 3.8) is 0 Å². The molecule has 0 aliphatic rings. The molecule has 0 amide bonds. The van der Waals surface area contributed by atoms with Gasteiger partial charge in [0.25, 0.3) is 5.56 Å². The number of methoxy groups -OCH3 is 1. The Morgan fingerprint density at radius 3 is 2.70 bits per heavy atom. The number of nitrogens with zero attached hydrogens (tertiary/aromatic N) is 7. The Labute approximate surface area is 189 Å². The molecule has 14 heteroatoms. The lowest BCUT2D eigenvalue weighted by Crippen LogP contribution is -2.41. The summed E-state index contributed by atoms with van der Waals surface area (Å²) < 4.78 is 33.9. The summed E-state index contributed by atoms with van der Waals surface area (Å²) >= 11 is 5.90. The van der Waals surface area contributed by atoms with E-state index in [1.165, 1.54) is 22.5 Å². The van der Waals surface area contributed by atoms with E-state index < -0.39 is 22.9 Å². The van der Waals surface area contributed by atoms with E-state index in [-0.39, 0.29) is 49.1 Å². The number of benzene rings is 1. The Hall–Kier alpha value is -3.45. The highest BCUT2D eigenvalue weighted by atomic mass is 35.5. The van der Waals surface area contributed by atoms with Crippen molar-refractivity contribution in [3.05, 3.63) is 67.3 Å². The molecule has 0 fully saturated rings. The highest BCUT2D eigenvalue weighted by Crippen LogP contribution is 2.11. The third kappa shape index (κ3) is 4.83. The molecule has 0 spiro atoms. The van der Waals surface area contributed by atoms with E-state index in [0.717, 1.165) is 16.7 Å². The van der Waals surface area contributed by atoms with Gasteiger partial charge in [-0.15, -0.1) is 10.2 Å². The lowest BCUT2D eigenvalue weighted by Gasteiger charge is -2.10. The number of hydrogen-bond acceptors (Lipinski definition) is 7. The number of halogens is 3. The topological polar surface area (TPSA) is 126 Å². The van der Waals surface area contributed by atoms with Crippen molar-refractivity contribution < 1.29 is 13.5 Å². The van der Waals surface area contributed by atoms with Crippen molar-refractivity contribution in [3.8, 4) is 0 Å². The fourth-order valence-corrected chi connectivity index (χ4v) is 3.54. The smallest absolute Gasteiger partial charge is 0.332 e. The number of aryl methyl sites for hydroxylation is 1. The lowest BCUT2D eigenvalue weighted by molar-refractivity contribution is 0.186. The van der Waals surface area contributed by atoms with Crippen LogP contribution in [0, 0.1) is 11.6 Å². The first-order valence-electron chi connectivity index (χ1n) is 9.95. The predicted molar refractivity (Wildman–Crippen MR) is 113 cm³/mol. The molecule has 0 atom stereocenters. The largest absolute Gasteiger partial charge is 0.383 e. The predicted octanol–water partition coefficient (Wildman–Crippen LogP) is 1.13. The first-order chi connectivity index (χ1) is 15.9. The molecule has 0 aliphatic heterocycles. The average molecular weight is 481 g/mol. The molecule has 1 aromatic carbocycles. The fourth-order valence-electron chi connectivity index (χ4n) is 3.36. The zero-order valence-electron chi connectivity index (χ0n) is 17.5. The van der Waals surface area contributed by atoms with E-state index in [9.17, 15) is 18.4 Å². The number of ether oxygens (including phenoxy) is 1. The Morgan fingerprint density at radius 1 is 1.12 bits per heavy atom. The van der Waals surface area contributed by atoms with Crippen molar-refractivity contribution in [2.45, 2.75) is 32.5 Å². The van der Waals surface area contributed by atoms with Crippen molar-refractivity contribution >= 4 is 22.8 Å². The summed E-state index contributed by atoms with van der Waals surface area (Å²) in [6, 6.07) is 3.56. The number of nitrogens with one attached hydrogen (secondary N) is 1. The van der Waals surface area contributed by atoms with Crippen LogP contribution in [0.3, 0.4) is 0 Å². The van der Waals surface area contributed by atoms with E-state index >= 15 is 0 Å². The van der Waals surface area contributed by atoms with Crippen molar-refractivity contribution in [1.82, 2.24) is 39.3 Å². The Balaban J connectivity index is 1.47. The second-order valence-corrected chi connectivity index (χ2v) is 7.55. The van der Waals surface area contributed by atoms with Crippen LogP contribution in [0.2, 0.25) is 5.28 Å². The molecule has 174 valence electrons. The van der Waals surface area contributed by atoms with Crippen LogP contribution in [0.25, 0.3) is 11.2 Å². The van der Waals surface area contributed by atoms with Crippen LogP contribution in [0.5, 0.6) is 0 Å². The van der Waals surface area contributed by atoms with Crippen LogP contribution < -0.4 is 11.2 Å². The highest BCUT2D eigenvalue weighted by Gasteiger charge is 2.17. The van der Waals surface area contributed by atoms with Gasteiger partial charge in [-0.3, -0.25) is 13.9 Å². The number of imidazole rings is 1. The maximum Gasteiger partial charge on any atom is 0.332 e. The highest BCUT2D eigenvalue weighted by molar-refractivity contribution is 6.28. The molecule has 0 unspecified atom stereocenters. The zero-order valence-corrected chi connectivity index (χ0v) is 18.2. The van der Waals surface area contributed by atoms with Crippen LogP contribution >= 0.6 is 11.6 Å². The maximum atomic E-state index is 13.4. The summed E-state index contributed by atoms with van der Waals surface area (Å²) in [5, 5.41) is 12.0. The van der Waals surface area contributed by atoms with Gasteiger partial charge in [-0.2, -0.15) is 9.78 Å². The number of H-pyrrole nitrogens is 1. The molecule has 0 aliphatic carbocycles. The number of aromatic amines is 1. The Bertz CT molecular complexity index is 1410. The minimum Gasteiger partial charge on any atom is -0.383 e. The van der Waals surface area contributed by atoms with E-state index in [1.54, 1.807) is 0 Å². The normalized spacial score (nSPS) is 11.5. The molecule has 3 heterocycles. The van der Waals surface area contributed by atoms with Crippen LogP contribution in [-0.2, 0) is 30.8 Å². The van der Waals surface area contributed by atoms with Crippen LogP contribution in [-0.4, -0.2) is 53.0 Å². The minimum atomic E-state index is -0.947. The van der Waals surface area contributed by atoms with Crippen molar-refractivity contribution in [1.29, 1.82) is 0 Å². The summed E-state index contributed by atoms with van der Waals surface area (Å²) in [6.45, 7) is 0.820. The van der Waals surface area contributed by atoms with E-state index in [1.807, 2.05) is 0 Å². The van der Waals surface area contributed by atoms with Crippen LogP contribution in [0.15, 0.2) is 27.8 Å². The van der Waals surface area contributed by atoms with Gasteiger partial charge in [-0.1, -0.05) is 6.07 Å². The van der Waals surface area contributed by atoms with Crippen LogP contribution in [0.1, 0.15) is 17.8 Å². The van der Waals surface area contributed by atoms with Gasteiger partial charge < -0.3 is 9.72 Å². The third-order valence-corrected chi connectivity index (χ3v) is 5.11. The van der Waals surface area contributed by atoms with Gasteiger partial charge in [-0.05, 0) is 40.9 Å². The van der Waals surface area contributed by atoms with Gasteiger partial charge in [0, 0.05) is 20.1 Å².